The number of para-hydroxylation sites is 1. The molecule has 1 atom stereocenters. The Morgan fingerprint density at radius 1 is 1.12 bits per heavy atom. The second kappa shape index (κ2) is 9.45. The summed E-state index contributed by atoms with van der Waals surface area (Å²) >= 11 is 12.3. The first kappa shape index (κ1) is 22.5. The summed E-state index contributed by atoms with van der Waals surface area (Å²) < 4.78 is 16.8. The van der Waals surface area contributed by atoms with Gasteiger partial charge in [0, 0.05) is 11.6 Å². The van der Waals surface area contributed by atoms with Crippen LogP contribution in [-0.2, 0) is 0 Å². The van der Waals surface area contributed by atoms with Gasteiger partial charge in [0.25, 0.3) is 0 Å². The zero-order valence-electron chi connectivity index (χ0n) is 17.5. The number of carbonyl (C=O) groups excluding carboxylic acids is 1. The van der Waals surface area contributed by atoms with Crippen LogP contribution in [0, 0.1) is 11.3 Å². The summed E-state index contributed by atoms with van der Waals surface area (Å²) in [5, 5.41) is 10.5. The van der Waals surface area contributed by atoms with Gasteiger partial charge in [0.2, 0.25) is 5.88 Å². The maximum atomic E-state index is 12.7. The Kier molecular flexibility index (Phi) is 6.45. The van der Waals surface area contributed by atoms with Crippen molar-refractivity contribution in [2.24, 2.45) is 5.73 Å². The third kappa shape index (κ3) is 4.47. The van der Waals surface area contributed by atoms with Crippen LogP contribution in [0.4, 0.5) is 0 Å². The first-order valence-corrected chi connectivity index (χ1v) is 10.8. The summed E-state index contributed by atoms with van der Waals surface area (Å²) in [7, 11) is 0. The SMILES string of the molecule is CCOc1ccccc1C(=O)Oc1ccc2c(c1)OC(N)=C(C#N)C2c1ccc(Cl)c(Cl)c1. The Balaban J connectivity index is 1.69. The van der Waals surface area contributed by atoms with Crippen molar-refractivity contribution < 1.29 is 19.0 Å². The third-order valence-corrected chi connectivity index (χ3v) is 5.82. The minimum atomic E-state index is -0.572. The van der Waals surface area contributed by atoms with E-state index in [1.807, 2.05) is 6.92 Å². The maximum absolute atomic E-state index is 12.7. The van der Waals surface area contributed by atoms with Crippen molar-refractivity contribution in [3.05, 3.63) is 98.9 Å². The summed E-state index contributed by atoms with van der Waals surface area (Å²) in [5.41, 5.74) is 8.00. The van der Waals surface area contributed by atoms with Gasteiger partial charge in [-0.25, -0.2) is 4.79 Å². The summed E-state index contributed by atoms with van der Waals surface area (Å²) in [6.07, 6.45) is 0. The van der Waals surface area contributed by atoms with Crippen molar-refractivity contribution >= 4 is 29.2 Å². The molecule has 1 unspecified atom stereocenters. The lowest BCUT2D eigenvalue weighted by Crippen LogP contribution is -2.21. The topological polar surface area (TPSA) is 94.6 Å². The van der Waals surface area contributed by atoms with Gasteiger partial charge in [0.1, 0.15) is 34.5 Å². The lowest BCUT2D eigenvalue weighted by atomic mass is 9.83. The average Bonchev–Trinajstić information content (AvgIpc) is 2.80. The minimum Gasteiger partial charge on any atom is -0.493 e. The highest BCUT2D eigenvalue weighted by molar-refractivity contribution is 6.42. The van der Waals surface area contributed by atoms with Gasteiger partial charge in [-0.2, -0.15) is 5.26 Å². The van der Waals surface area contributed by atoms with E-state index in [1.54, 1.807) is 60.7 Å². The lowest BCUT2D eigenvalue weighted by molar-refractivity contribution is 0.0730. The summed E-state index contributed by atoms with van der Waals surface area (Å²) in [6, 6.07) is 19.0. The van der Waals surface area contributed by atoms with Gasteiger partial charge < -0.3 is 19.9 Å². The van der Waals surface area contributed by atoms with Gasteiger partial charge in [-0.15, -0.1) is 0 Å². The molecule has 0 saturated heterocycles. The molecular formula is C25H18Cl2N2O4. The van der Waals surface area contributed by atoms with Crippen LogP contribution in [0.15, 0.2) is 72.1 Å². The Bertz CT molecular complexity index is 1310. The number of nitrogens with zero attached hydrogens (tertiary/aromatic N) is 1. The number of hydrogen-bond donors (Lipinski definition) is 1. The number of esters is 1. The number of fused-ring (bicyclic) bond motifs is 1. The average molecular weight is 481 g/mol. The number of nitriles is 1. The molecule has 166 valence electrons. The Morgan fingerprint density at radius 2 is 1.91 bits per heavy atom. The molecule has 0 aliphatic carbocycles. The van der Waals surface area contributed by atoms with E-state index < -0.39 is 11.9 Å². The molecule has 0 fully saturated rings. The highest BCUT2D eigenvalue weighted by atomic mass is 35.5. The van der Waals surface area contributed by atoms with Gasteiger partial charge in [-0.05, 0) is 42.8 Å². The number of ether oxygens (including phenoxy) is 3. The standard InChI is InChI=1S/C25H18Cl2N2O4/c1-2-31-21-6-4-3-5-17(21)25(30)32-15-8-9-16-22(12-15)33-24(29)18(13-28)23(16)14-7-10-19(26)20(27)11-14/h3-12,23H,2,29H2,1H3. The van der Waals surface area contributed by atoms with Crippen LogP contribution < -0.4 is 19.9 Å². The molecule has 4 rings (SSSR count). The van der Waals surface area contributed by atoms with Crippen molar-refractivity contribution in [3.8, 4) is 23.3 Å². The predicted octanol–water partition coefficient (Wildman–Crippen LogP) is 5.83. The number of hydrogen-bond acceptors (Lipinski definition) is 6. The third-order valence-electron chi connectivity index (χ3n) is 5.08. The van der Waals surface area contributed by atoms with Crippen molar-refractivity contribution in [2.75, 3.05) is 6.61 Å². The van der Waals surface area contributed by atoms with E-state index in [2.05, 4.69) is 6.07 Å². The number of halogens is 2. The smallest absolute Gasteiger partial charge is 0.347 e. The summed E-state index contributed by atoms with van der Waals surface area (Å²) in [5.74, 6) is -0.0675. The van der Waals surface area contributed by atoms with Gasteiger partial charge in [0.05, 0.1) is 22.6 Å². The molecule has 0 radical (unpaired) electrons. The predicted molar refractivity (Wildman–Crippen MR) is 125 cm³/mol. The lowest BCUT2D eigenvalue weighted by Gasteiger charge is -2.27. The molecule has 8 heteroatoms. The van der Waals surface area contributed by atoms with Crippen LogP contribution >= 0.6 is 23.2 Å². The highest BCUT2D eigenvalue weighted by Crippen LogP contribution is 2.44. The molecule has 0 spiro atoms. The molecule has 0 aromatic heterocycles. The molecule has 1 aliphatic heterocycles. The minimum absolute atomic E-state index is 0.0359. The molecule has 33 heavy (non-hydrogen) atoms. The van der Waals surface area contributed by atoms with Gasteiger partial charge in [-0.3, -0.25) is 0 Å². The van der Waals surface area contributed by atoms with E-state index in [0.29, 0.717) is 39.3 Å². The second-order valence-electron chi connectivity index (χ2n) is 7.12. The van der Waals surface area contributed by atoms with Gasteiger partial charge in [0.15, 0.2) is 0 Å². The number of benzene rings is 3. The normalized spacial score (nSPS) is 14.7. The van der Waals surface area contributed by atoms with Crippen molar-refractivity contribution in [1.29, 1.82) is 5.26 Å². The fourth-order valence-electron chi connectivity index (χ4n) is 3.61. The van der Waals surface area contributed by atoms with Crippen LogP contribution in [0.1, 0.15) is 34.3 Å². The monoisotopic (exact) mass is 480 g/mol. The summed E-state index contributed by atoms with van der Waals surface area (Å²) in [4.78, 5) is 12.7. The highest BCUT2D eigenvalue weighted by Gasteiger charge is 2.31. The van der Waals surface area contributed by atoms with Crippen molar-refractivity contribution in [3.63, 3.8) is 0 Å². The molecule has 0 saturated carbocycles. The van der Waals surface area contributed by atoms with E-state index in [9.17, 15) is 10.1 Å². The number of allylic oxidation sites excluding steroid dienone is 1. The molecular weight excluding hydrogens is 463 g/mol. The largest absolute Gasteiger partial charge is 0.493 e. The van der Waals surface area contributed by atoms with E-state index in [-0.39, 0.29) is 17.2 Å². The molecule has 3 aromatic carbocycles. The molecule has 3 aromatic rings. The van der Waals surface area contributed by atoms with Crippen molar-refractivity contribution in [2.45, 2.75) is 12.8 Å². The van der Waals surface area contributed by atoms with Crippen molar-refractivity contribution in [1.82, 2.24) is 0 Å². The molecule has 6 nitrogen and oxygen atoms in total. The molecule has 1 heterocycles. The number of nitrogens with two attached hydrogens (primary N) is 1. The van der Waals surface area contributed by atoms with E-state index in [1.165, 1.54) is 0 Å². The van der Waals surface area contributed by atoms with E-state index >= 15 is 0 Å². The Morgan fingerprint density at radius 3 is 2.64 bits per heavy atom. The zero-order chi connectivity index (χ0) is 23.5. The molecule has 0 amide bonds. The Hall–Kier alpha value is -3.66. The van der Waals surface area contributed by atoms with Gasteiger partial charge >= 0.3 is 5.97 Å². The summed E-state index contributed by atoms with van der Waals surface area (Å²) in [6.45, 7) is 2.25. The first-order chi connectivity index (χ1) is 15.9. The molecule has 1 aliphatic rings. The van der Waals surface area contributed by atoms with Gasteiger partial charge in [-0.1, -0.05) is 47.5 Å². The van der Waals surface area contributed by atoms with E-state index in [4.69, 9.17) is 43.1 Å². The molecule has 2 N–H and O–H groups in total. The van der Waals surface area contributed by atoms with Crippen LogP contribution in [0.3, 0.4) is 0 Å². The maximum Gasteiger partial charge on any atom is 0.347 e. The van der Waals surface area contributed by atoms with E-state index in [0.717, 1.165) is 5.56 Å². The zero-order valence-corrected chi connectivity index (χ0v) is 19.0. The van der Waals surface area contributed by atoms with Crippen LogP contribution in [0.5, 0.6) is 17.2 Å². The number of rotatable bonds is 5. The number of carbonyl (C=O) groups is 1. The fourth-order valence-corrected chi connectivity index (χ4v) is 3.92. The quantitative estimate of drug-likeness (QED) is 0.364. The van der Waals surface area contributed by atoms with Crippen LogP contribution in [-0.4, -0.2) is 12.6 Å². The fraction of sp³-hybridized carbons (Fsp3) is 0.120. The first-order valence-electron chi connectivity index (χ1n) is 10.0. The Labute approximate surface area is 200 Å². The molecule has 0 bridgehead atoms. The second-order valence-corrected chi connectivity index (χ2v) is 7.93. The van der Waals surface area contributed by atoms with Crippen LogP contribution in [0.25, 0.3) is 0 Å². The van der Waals surface area contributed by atoms with Crippen LogP contribution in [0.2, 0.25) is 10.0 Å².